The van der Waals surface area contributed by atoms with E-state index in [0.29, 0.717) is 0 Å². The lowest BCUT2D eigenvalue weighted by molar-refractivity contribution is 0.675. The fraction of sp³-hybridized carbons (Fsp3) is 0.0370. The molecule has 0 amide bonds. The van der Waals surface area contributed by atoms with Gasteiger partial charge in [0.15, 0.2) is 0 Å². The number of benzene rings is 8. The third-order valence-electron chi connectivity index (χ3n) is 12.1. The van der Waals surface area contributed by atoms with Crippen molar-refractivity contribution in [1.29, 1.82) is 0 Å². The predicted molar refractivity (Wildman–Crippen MR) is 234 cm³/mol. The molecule has 3 heterocycles. The van der Waals surface area contributed by atoms with Crippen LogP contribution in [0.4, 0.5) is 34.1 Å². The smallest absolute Gasteiger partial charge is 0.0933 e. The number of para-hydroxylation sites is 4. The average Bonchev–Trinajstić information content (AvgIpc) is 3.69. The highest BCUT2D eigenvalue weighted by atomic mass is 15.3. The van der Waals surface area contributed by atoms with Crippen molar-refractivity contribution in [3.63, 3.8) is 0 Å². The van der Waals surface area contributed by atoms with Crippen LogP contribution in [-0.2, 0) is 10.8 Å². The molecule has 8 aromatic carbocycles. The molecule has 0 spiro atoms. The van der Waals surface area contributed by atoms with Crippen LogP contribution in [0.3, 0.4) is 0 Å². The van der Waals surface area contributed by atoms with Gasteiger partial charge in [0, 0.05) is 11.4 Å². The SMILES string of the molecule is c1ccc(N2c3ccccc3C(c3ccccc3)(c3ccccc3)c3[nH]c4c(c32)N(c2ccccc2)c2ccccc2C4(c2ccccc2)c2ccccc2)cc1. The summed E-state index contributed by atoms with van der Waals surface area (Å²) in [6, 6.07) is 84.1. The van der Waals surface area contributed by atoms with Crippen molar-refractivity contribution < 1.29 is 0 Å². The minimum Gasteiger partial charge on any atom is -0.356 e. The molecule has 0 aliphatic carbocycles. The van der Waals surface area contributed by atoms with Crippen molar-refractivity contribution in [3.8, 4) is 0 Å². The van der Waals surface area contributed by atoms with Crippen LogP contribution in [0.15, 0.2) is 231 Å². The molecule has 270 valence electrons. The van der Waals surface area contributed by atoms with Gasteiger partial charge < -0.3 is 14.8 Å². The van der Waals surface area contributed by atoms with Crippen LogP contribution in [0.5, 0.6) is 0 Å². The van der Waals surface area contributed by atoms with Gasteiger partial charge in [-0.3, -0.25) is 0 Å². The Morgan fingerprint density at radius 2 is 0.544 bits per heavy atom. The Morgan fingerprint density at radius 1 is 0.281 bits per heavy atom. The van der Waals surface area contributed by atoms with E-state index in [2.05, 4.69) is 245 Å². The normalized spacial score (nSPS) is 14.5. The van der Waals surface area contributed by atoms with E-state index in [1.807, 2.05) is 0 Å². The molecule has 57 heavy (non-hydrogen) atoms. The summed E-state index contributed by atoms with van der Waals surface area (Å²) in [5, 5.41) is 0. The van der Waals surface area contributed by atoms with Gasteiger partial charge in [-0.1, -0.05) is 194 Å². The van der Waals surface area contributed by atoms with Gasteiger partial charge in [-0.2, -0.15) is 0 Å². The standard InChI is InChI=1S/C54H39N3/c1-7-23-39(24-8-1)53(40-25-9-2-10-26-40)45-35-19-21-37-47(45)56(43-31-15-5-16-32-43)49-50-52(55-51(49)53)54(41-27-11-3-12-28-41,42-29-13-4-14-30-42)46-36-20-22-38-48(46)57(50)44-33-17-6-18-34-44/h1-38,55H. The van der Waals surface area contributed by atoms with Crippen LogP contribution < -0.4 is 9.80 Å². The number of aromatic nitrogens is 1. The minimum absolute atomic E-state index is 0.718. The second-order valence-electron chi connectivity index (χ2n) is 14.9. The van der Waals surface area contributed by atoms with Crippen LogP contribution in [0.25, 0.3) is 0 Å². The van der Waals surface area contributed by atoms with E-state index < -0.39 is 10.8 Å². The molecule has 0 bridgehead atoms. The van der Waals surface area contributed by atoms with E-state index in [9.17, 15) is 0 Å². The maximum atomic E-state index is 4.43. The lowest BCUT2D eigenvalue weighted by Gasteiger charge is -2.47. The van der Waals surface area contributed by atoms with Gasteiger partial charge in [-0.25, -0.2) is 0 Å². The Balaban J connectivity index is 1.41. The Hall–Kier alpha value is -7.36. The molecule has 0 saturated carbocycles. The highest BCUT2D eigenvalue weighted by molar-refractivity contribution is 6.03. The van der Waals surface area contributed by atoms with Gasteiger partial charge in [0.05, 0.1) is 45.0 Å². The first-order chi connectivity index (χ1) is 28.3. The number of anilines is 6. The molecule has 1 aromatic heterocycles. The molecule has 0 unspecified atom stereocenters. The van der Waals surface area contributed by atoms with Gasteiger partial charge in [-0.05, 0) is 69.8 Å². The number of hydrogen-bond acceptors (Lipinski definition) is 2. The molecule has 0 saturated heterocycles. The predicted octanol–water partition coefficient (Wildman–Crippen LogP) is 13.3. The Kier molecular flexibility index (Phi) is 7.61. The zero-order valence-electron chi connectivity index (χ0n) is 31.3. The van der Waals surface area contributed by atoms with Crippen LogP contribution in [-0.4, -0.2) is 4.98 Å². The zero-order chi connectivity index (χ0) is 37.8. The van der Waals surface area contributed by atoms with Crippen molar-refractivity contribution >= 4 is 34.1 Å². The summed E-state index contributed by atoms with van der Waals surface area (Å²) in [6.45, 7) is 0. The molecule has 0 radical (unpaired) electrons. The van der Waals surface area contributed by atoms with Crippen LogP contribution in [0.2, 0.25) is 0 Å². The van der Waals surface area contributed by atoms with Crippen molar-refractivity contribution in [1.82, 2.24) is 4.98 Å². The molecular formula is C54H39N3. The average molecular weight is 730 g/mol. The number of H-pyrrole nitrogens is 1. The molecule has 2 aliphatic heterocycles. The lowest BCUT2D eigenvalue weighted by Crippen LogP contribution is -2.38. The quantitative estimate of drug-likeness (QED) is 0.184. The first-order valence-electron chi connectivity index (χ1n) is 19.7. The fourth-order valence-corrected chi connectivity index (χ4v) is 9.92. The van der Waals surface area contributed by atoms with Gasteiger partial charge in [-0.15, -0.1) is 0 Å². The van der Waals surface area contributed by atoms with Crippen LogP contribution in [0, 0.1) is 0 Å². The second-order valence-corrected chi connectivity index (χ2v) is 14.9. The molecule has 3 heteroatoms. The van der Waals surface area contributed by atoms with E-state index in [1.165, 1.54) is 33.4 Å². The van der Waals surface area contributed by atoms with Crippen LogP contribution in [0.1, 0.15) is 44.8 Å². The highest BCUT2D eigenvalue weighted by Gasteiger charge is 2.55. The lowest BCUT2D eigenvalue weighted by atomic mass is 9.64. The number of nitrogens with one attached hydrogen (secondary N) is 1. The Bertz CT molecular complexity index is 2560. The number of nitrogens with zero attached hydrogens (tertiary/aromatic N) is 2. The first kappa shape index (κ1) is 33.0. The van der Waals surface area contributed by atoms with Gasteiger partial charge in [0.2, 0.25) is 0 Å². The van der Waals surface area contributed by atoms with Gasteiger partial charge in [0.1, 0.15) is 0 Å². The molecule has 2 aliphatic rings. The van der Waals surface area contributed by atoms with Crippen LogP contribution >= 0.6 is 0 Å². The van der Waals surface area contributed by atoms with E-state index in [1.54, 1.807) is 0 Å². The molecule has 1 N–H and O–H groups in total. The minimum atomic E-state index is -0.718. The summed E-state index contributed by atoms with van der Waals surface area (Å²) in [5.41, 5.74) is 14.8. The third-order valence-corrected chi connectivity index (χ3v) is 12.1. The zero-order valence-corrected chi connectivity index (χ0v) is 31.3. The molecule has 3 nitrogen and oxygen atoms in total. The van der Waals surface area contributed by atoms with Gasteiger partial charge >= 0.3 is 0 Å². The summed E-state index contributed by atoms with van der Waals surface area (Å²) in [4.78, 5) is 9.45. The summed E-state index contributed by atoms with van der Waals surface area (Å²) in [6.07, 6.45) is 0. The van der Waals surface area contributed by atoms with E-state index in [4.69, 9.17) is 0 Å². The number of fused-ring (bicyclic) bond motifs is 5. The van der Waals surface area contributed by atoms with E-state index >= 15 is 0 Å². The monoisotopic (exact) mass is 729 g/mol. The topological polar surface area (TPSA) is 22.3 Å². The van der Waals surface area contributed by atoms with Crippen molar-refractivity contribution in [2.75, 3.05) is 9.80 Å². The Labute approximate surface area is 333 Å². The number of hydrogen-bond donors (Lipinski definition) is 1. The number of rotatable bonds is 6. The summed E-state index contributed by atoms with van der Waals surface area (Å²) < 4.78 is 0. The van der Waals surface area contributed by atoms with Crippen molar-refractivity contribution in [2.45, 2.75) is 10.8 Å². The molecule has 0 fully saturated rings. The Morgan fingerprint density at radius 3 is 0.860 bits per heavy atom. The van der Waals surface area contributed by atoms with Gasteiger partial charge in [0.25, 0.3) is 0 Å². The maximum Gasteiger partial charge on any atom is 0.0933 e. The number of aromatic amines is 1. The first-order valence-corrected chi connectivity index (χ1v) is 19.7. The third kappa shape index (κ3) is 4.66. The second kappa shape index (κ2) is 13.1. The summed E-state index contributed by atoms with van der Waals surface area (Å²) in [7, 11) is 0. The summed E-state index contributed by atoms with van der Waals surface area (Å²) in [5.74, 6) is 0. The molecular weight excluding hydrogens is 691 g/mol. The van der Waals surface area contributed by atoms with E-state index in [-0.39, 0.29) is 0 Å². The summed E-state index contributed by atoms with van der Waals surface area (Å²) >= 11 is 0. The molecule has 11 rings (SSSR count). The van der Waals surface area contributed by atoms with Crippen molar-refractivity contribution in [2.24, 2.45) is 0 Å². The largest absolute Gasteiger partial charge is 0.356 e. The maximum absolute atomic E-state index is 4.43. The van der Waals surface area contributed by atoms with Crippen molar-refractivity contribution in [3.05, 3.63) is 275 Å². The molecule has 0 atom stereocenters. The fourth-order valence-electron chi connectivity index (χ4n) is 9.92. The molecule has 9 aromatic rings. The van der Waals surface area contributed by atoms with E-state index in [0.717, 1.165) is 45.5 Å². The highest BCUT2D eigenvalue weighted by Crippen LogP contribution is 2.66.